The summed E-state index contributed by atoms with van der Waals surface area (Å²) in [4.78, 5) is -0.163. The highest BCUT2D eigenvalue weighted by Gasteiger charge is 2.16. The Morgan fingerprint density at radius 2 is 1.74 bits per heavy atom. The summed E-state index contributed by atoms with van der Waals surface area (Å²) < 4.78 is 18.0. The molecule has 0 radical (unpaired) electrons. The Hall–Kier alpha value is -0.770. The Labute approximate surface area is 129 Å². The van der Waals surface area contributed by atoms with Gasteiger partial charge in [-0.2, -0.15) is 0 Å². The van der Waals surface area contributed by atoms with Crippen molar-refractivity contribution in [3.8, 4) is 5.75 Å². The van der Waals surface area contributed by atoms with Crippen LogP contribution in [0.3, 0.4) is 0 Å². The first kappa shape index (κ1) is 14.6. The molecule has 0 saturated heterocycles. The van der Waals surface area contributed by atoms with Gasteiger partial charge in [0, 0.05) is 11.1 Å². The molecule has 2 rings (SSSR count). The molecule has 0 heterocycles. The minimum Gasteiger partial charge on any atom is -0.495 e. The van der Waals surface area contributed by atoms with Gasteiger partial charge >= 0.3 is 0 Å². The van der Waals surface area contributed by atoms with Crippen molar-refractivity contribution < 1.29 is 9.13 Å². The lowest BCUT2D eigenvalue weighted by molar-refractivity contribution is 0.415. The fourth-order valence-corrected chi connectivity index (χ4v) is 3.03. The molecule has 0 aromatic heterocycles. The van der Waals surface area contributed by atoms with E-state index in [1.165, 1.54) is 19.2 Å². The van der Waals surface area contributed by atoms with E-state index in [1.807, 2.05) is 0 Å². The summed E-state index contributed by atoms with van der Waals surface area (Å²) in [5.41, 5.74) is 1.70. The molecule has 0 N–H and O–H groups in total. The smallest absolute Gasteiger partial charge is 0.138 e. The lowest BCUT2D eigenvalue weighted by atomic mass is 10.0. The van der Waals surface area contributed by atoms with Crippen LogP contribution in [0.4, 0.5) is 4.39 Å². The van der Waals surface area contributed by atoms with Gasteiger partial charge in [0.25, 0.3) is 0 Å². The normalized spacial score (nSPS) is 12.3. The van der Waals surface area contributed by atoms with E-state index in [1.54, 1.807) is 24.3 Å². The summed E-state index contributed by atoms with van der Waals surface area (Å²) in [6.45, 7) is 0. The van der Waals surface area contributed by atoms with E-state index in [0.717, 1.165) is 11.1 Å². The lowest BCUT2D eigenvalue weighted by Gasteiger charge is -2.14. The van der Waals surface area contributed by atoms with Gasteiger partial charge in [-0.25, -0.2) is 4.39 Å². The van der Waals surface area contributed by atoms with Gasteiger partial charge in [0.1, 0.15) is 11.6 Å². The number of hydrogen-bond acceptors (Lipinski definition) is 1. The number of benzene rings is 2. The van der Waals surface area contributed by atoms with Gasteiger partial charge in [0.05, 0.1) is 17.0 Å². The monoisotopic (exact) mass is 362 g/mol. The Morgan fingerprint density at radius 3 is 2.32 bits per heavy atom. The largest absolute Gasteiger partial charge is 0.495 e. The third-order valence-electron chi connectivity index (χ3n) is 2.71. The molecule has 0 amide bonds. The number of hydrogen-bond donors (Lipinski definition) is 0. The van der Waals surface area contributed by atoms with Gasteiger partial charge in [-0.05, 0) is 29.3 Å². The molecule has 0 spiro atoms. The molecule has 2 aromatic rings. The van der Waals surface area contributed by atoms with Crippen LogP contribution in [0.5, 0.6) is 5.75 Å². The molecule has 1 nitrogen and oxygen atoms in total. The second-order valence-electron chi connectivity index (χ2n) is 3.92. The van der Waals surface area contributed by atoms with Crippen LogP contribution in [-0.4, -0.2) is 7.11 Å². The predicted octanol–water partition coefficient (Wildman–Crippen LogP) is 5.63. The Balaban J connectivity index is 2.41. The van der Waals surface area contributed by atoms with Crippen LogP contribution in [-0.2, 0) is 0 Å². The third-order valence-corrected chi connectivity index (χ3v) is 4.35. The fraction of sp³-hybridized carbons (Fsp3) is 0.143. The summed E-state index contributed by atoms with van der Waals surface area (Å²) in [7, 11) is 1.53. The zero-order chi connectivity index (χ0) is 14.0. The average Bonchev–Trinajstić information content (AvgIpc) is 2.41. The van der Waals surface area contributed by atoms with Crippen LogP contribution in [0, 0.1) is 5.82 Å². The van der Waals surface area contributed by atoms with E-state index in [0.29, 0.717) is 15.8 Å². The highest BCUT2D eigenvalue weighted by molar-refractivity contribution is 9.09. The predicted molar refractivity (Wildman–Crippen MR) is 80.2 cm³/mol. The van der Waals surface area contributed by atoms with Crippen LogP contribution in [0.25, 0.3) is 0 Å². The first-order chi connectivity index (χ1) is 9.02. The summed E-state index contributed by atoms with van der Waals surface area (Å²) in [6.07, 6.45) is 0. The molecule has 19 heavy (non-hydrogen) atoms. The van der Waals surface area contributed by atoms with Crippen molar-refractivity contribution in [2.45, 2.75) is 4.83 Å². The van der Waals surface area contributed by atoms with Crippen LogP contribution in [0.1, 0.15) is 16.0 Å². The second kappa shape index (κ2) is 6.12. The fourth-order valence-electron chi connectivity index (χ4n) is 1.71. The highest BCUT2D eigenvalue weighted by Crippen LogP contribution is 2.40. The molecule has 5 heteroatoms. The van der Waals surface area contributed by atoms with Crippen molar-refractivity contribution in [2.75, 3.05) is 7.11 Å². The van der Waals surface area contributed by atoms with Crippen LogP contribution < -0.4 is 4.74 Å². The van der Waals surface area contributed by atoms with Crippen molar-refractivity contribution in [3.05, 3.63) is 63.4 Å². The topological polar surface area (TPSA) is 9.23 Å². The number of halogens is 4. The van der Waals surface area contributed by atoms with Crippen LogP contribution >= 0.6 is 39.1 Å². The molecule has 0 aliphatic rings. The average molecular weight is 364 g/mol. The van der Waals surface area contributed by atoms with E-state index in [-0.39, 0.29) is 10.6 Å². The van der Waals surface area contributed by atoms with Crippen molar-refractivity contribution in [1.82, 2.24) is 0 Å². The number of rotatable bonds is 3. The van der Waals surface area contributed by atoms with E-state index < -0.39 is 0 Å². The molecule has 0 aliphatic heterocycles. The highest BCUT2D eigenvalue weighted by atomic mass is 79.9. The minimum atomic E-state index is -0.276. The second-order valence-corrected chi connectivity index (χ2v) is 5.65. The van der Waals surface area contributed by atoms with Crippen molar-refractivity contribution in [2.24, 2.45) is 0 Å². The van der Waals surface area contributed by atoms with E-state index in [9.17, 15) is 4.39 Å². The van der Waals surface area contributed by atoms with Gasteiger partial charge in [-0.15, -0.1) is 0 Å². The summed E-state index contributed by atoms with van der Waals surface area (Å²) >= 11 is 15.9. The van der Waals surface area contributed by atoms with Gasteiger partial charge in [-0.3, -0.25) is 0 Å². The van der Waals surface area contributed by atoms with E-state index >= 15 is 0 Å². The summed E-state index contributed by atoms with van der Waals surface area (Å²) in [5.74, 6) is 0.247. The minimum absolute atomic E-state index is 0.163. The molecular formula is C14H10BrCl2FO. The Morgan fingerprint density at radius 1 is 1.11 bits per heavy atom. The maximum Gasteiger partial charge on any atom is 0.138 e. The summed E-state index contributed by atoms with van der Waals surface area (Å²) in [5, 5.41) is 1.01. The zero-order valence-electron chi connectivity index (χ0n) is 9.96. The number of alkyl halides is 1. The Bertz CT molecular complexity index is 587. The molecule has 0 bridgehead atoms. The number of methoxy groups -OCH3 is 1. The van der Waals surface area contributed by atoms with Crippen molar-refractivity contribution >= 4 is 39.1 Å². The molecule has 0 saturated carbocycles. The molecule has 1 atom stereocenters. The van der Waals surface area contributed by atoms with E-state index in [2.05, 4.69) is 15.9 Å². The molecular weight excluding hydrogens is 354 g/mol. The van der Waals surface area contributed by atoms with Crippen LogP contribution in [0.15, 0.2) is 36.4 Å². The van der Waals surface area contributed by atoms with Crippen LogP contribution in [0.2, 0.25) is 10.0 Å². The quantitative estimate of drug-likeness (QED) is 0.642. The number of ether oxygens (including phenoxy) is 1. The van der Waals surface area contributed by atoms with Crippen molar-refractivity contribution in [3.63, 3.8) is 0 Å². The van der Waals surface area contributed by atoms with Gasteiger partial charge < -0.3 is 4.74 Å². The zero-order valence-corrected chi connectivity index (χ0v) is 13.1. The standard InChI is InChI=1S/C14H10BrCl2FO/c1-19-13-7-11(16)10(6-12(13)17)14(15)8-2-4-9(18)5-3-8/h2-7,14H,1H3. The van der Waals surface area contributed by atoms with Gasteiger partial charge in [0.15, 0.2) is 0 Å². The summed E-state index contributed by atoms with van der Waals surface area (Å²) in [6, 6.07) is 9.61. The third kappa shape index (κ3) is 3.22. The maximum absolute atomic E-state index is 12.9. The lowest BCUT2D eigenvalue weighted by Crippen LogP contribution is -1.96. The first-order valence-electron chi connectivity index (χ1n) is 5.45. The maximum atomic E-state index is 12.9. The molecule has 1 unspecified atom stereocenters. The molecule has 100 valence electrons. The van der Waals surface area contributed by atoms with Gasteiger partial charge in [-0.1, -0.05) is 51.3 Å². The first-order valence-corrected chi connectivity index (χ1v) is 7.12. The van der Waals surface area contributed by atoms with E-state index in [4.69, 9.17) is 27.9 Å². The van der Waals surface area contributed by atoms with Crippen molar-refractivity contribution in [1.29, 1.82) is 0 Å². The molecule has 0 fully saturated rings. The molecule has 2 aromatic carbocycles. The Kier molecular flexibility index (Phi) is 4.71. The van der Waals surface area contributed by atoms with Gasteiger partial charge in [0.2, 0.25) is 0 Å². The SMILES string of the molecule is COc1cc(Cl)c(C(Br)c2ccc(F)cc2)cc1Cl. The molecule has 0 aliphatic carbocycles.